The van der Waals surface area contributed by atoms with E-state index in [0.29, 0.717) is 17.5 Å². The van der Waals surface area contributed by atoms with Gasteiger partial charge in [-0.3, -0.25) is 4.98 Å². The summed E-state index contributed by atoms with van der Waals surface area (Å²) in [4.78, 5) is 16.8. The van der Waals surface area contributed by atoms with Gasteiger partial charge in [-0.2, -0.15) is 0 Å². The molecule has 0 radical (unpaired) electrons. The van der Waals surface area contributed by atoms with Crippen LogP contribution in [-0.2, 0) is 26.7 Å². The Bertz CT molecular complexity index is 1030. The van der Waals surface area contributed by atoms with Crippen LogP contribution in [0.2, 0.25) is 0 Å². The second kappa shape index (κ2) is 8.80. The van der Waals surface area contributed by atoms with Crippen molar-refractivity contribution in [1.29, 1.82) is 0 Å². The Labute approximate surface area is 164 Å². The molecular weight excluding hydrogens is 374 g/mol. The third kappa shape index (κ3) is 5.27. The van der Waals surface area contributed by atoms with Crippen molar-refractivity contribution < 1.29 is 17.9 Å². The molecule has 6 heteroatoms. The van der Waals surface area contributed by atoms with Crippen molar-refractivity contribution in [1.82, 2.24) is 4.98 Å². The molecule has 28 heavy (non-hydrogen) atoms. The fraction of sp³-hybridized carbons (Fsp3) is 0.182. The van der Waals surface area contributed by atoms with Crippen LogP contribution in [0.5, 0.6) is 0 Å². The molecule has 0 amide bonds. The van der Waals surface area contributed by atoms with Crippen molar-refractivity contribution in [2.75, 3.05) is 0 Å². The van der Waals surface area contributed by atoms with Gasteiger partial charge in [0.15, 0.2) is 9.84 Å². The summed E-state index contributed by atoms with van der Waals surface area (Å²) in [7, 11) is -3.48. The lowest BCUT2D eigenvalue weighted by atomic mass is 10.1. The molecule has 144 valence electrons. The number of pyridine rings is 1. The number of carbonyl (C=O) groups excluding carboxylic acids is 1. The van der Waals surface area contributed by atoms with Crippen LogP contribution in [0.4, 0.5) is 0 Å². The minimum atomic E-state index is -3.48. The van der Waals surface area contributed by atoms with Crippen LogP contribution in [0.1, 0.15) is 28.4 Å². The lowest BCUT2D eigenvalue weighted by Crippen LogP contribution is -2.17. The topological polar surface area (TPSA) is 73.3 Å². The quantitative estimate of drug-likeness (QED) is 0.568. The van der Waals surface area contributed by atoms with Crippen molar-refractivity contribution >= 4 is 15.8 Å². The van der Waals surface area contributed by atoms with Crippen molar-refractivity contribution in [2.45, 2.75) is 30.1 Å². The van der Waals surface area contributed by atoms with Gasteiger partial charge in [-0.25, -0.2) is 13.2 Å². The maximum Gasteiger partial charge on any atom is 0.338 e. The van der Waals surface area contributed by atoms with Gasteiger partial charge < -0.3 is 4.74 Å². The normalized spacial score (nSPS) is 12.3. The summed E-state index contributed by atoms with van der Waals surface area (Å²) >= 11 is 0. The highest BCUT2D eigenvalue weighted by Gasteiger charge is 2.17. The number of aromatic nitrogens is 1. The van der Waals surface area contributed by atoms with E-state index in [-0.39, 0.29) is 16.8 Å². The number of benzene rings is 2. The Morgan fingerprint density at radius 1 is 1.00 bits per heavy atom. The second-order valence-electron chi connectivity index (χ2n) is 6.55. The number of nitrogens with zero attached hydrogens (tertiary/aromatic N) is 1. The number of ether oxygens (including phenoxy) is 1. The summed E-state index contributed by atoms with van der Waals surface area (Å²) in [5, 5.41) is 0. The molecular formula is C22H21NO4S. The maximum absolute atomic E-state index is 12.5. The highest BCUT2D eigenvalue weighted by atomic mass is 32.2. The van der Waals surface area contributed by atoms with Crippen LogP contribution in [0.25, 0.3) is 0 Å². The summed E-state index contributed by atoms with van der Waals surface area (Å²) in [6.45, 7) is 1.81. The molecule has 0 saturated carbocycles. The SMILES string of the molecule is CC(Cc1cccnc1)OC(=O)c1cccc(CS(=O)(=O)c2ccccc2)c1. The van der Waals surface area contributed by atoms with E-state index in [4.69, 9.17) is 4.74 Å². The molecule has 0 aliphatic carbocycles. The summed E-state index contributed by atoms with van der Waals surface area (Å²) in [6, 6.07) is 18.6. The third-order valence-corrected chi connectivity index (χ3v) is 5.88. The maximum atomic E-state index is 12.5. The van der Waals surface area contributed by atoms with Gasteiger partial charge in [-0.15, -0.1) is 0 Å². The lowest BCUT2D eigenvalue weighted by Gasteiger charge is -2.13. The molecule has 0 aliphatic heterocycles. The van der Waals surface area contributed by atoms with Crippen molar-refractivity contribution in [3.05, 3.63) is 95.8 Å². The Balaban J connectivity index is 1.68. The highest BCUT2D eigenvalue weighted by molar-refractivity contribution is 7.90. The van der Waals surface area contributed by atoms with Crippen LogP contribution in [0.3, 0.4) is 0 Å². The van der Waals surface area contributed by atoms with E-state index >= 15 is 0 Å². The van der Waals surface area contributed by atoms with Gasteiger partial charge in [-0.05, 0) is 48.4 Å². The fourth-order valence-electron chi connectivity index (χ4n) is 2.86. The molecule has 5 nitrogen and oxygen atoms in total. The van der Waals surface area contributed by atoms with Gasteiger partial charge in [0, 0.05) is 18.8 Å². The first-order valence-electron chi connectivity index (χ1n) is 8.91. The van der Waals surface area contributed by atoms with Gasteiger partial charge in [0.05, 0.1) is 16.2 Å². The van der Waals surface area contributed by atoms with E-state index in [1.807, 2.05) is 19.1 Å². The molecule has 1 aromatic heterocycles. The number of sulfone groups is 1. The molecule has 1 heterocycles. The smallest absolute Gasteiger partial charge is 0.338 e. The molecule has 0 saturated heterocycles. The Morgan fingerprint density at radius 3 is 2.46 bits per heavy atom. The molecule has 1 atom stereocenters. The Hall–Kier alpha value is -2.99. The molecule has 0 aliphatic rings. The predicted molar refractivity (Wildman–Crippen MR) is 107 cm³/mol. The van der Waals surface area contributed by atoms with E-state index in [0.717, 1.165) is 5.56 Å². The van der Waals surface area contributed by atoms with Gasteiger partial charge >= 0.3 is 5.97 Å². The zero-order chi connectivity index (χ0) is 20.0. The number of carbonyl (C=O) groups is 1. The Kier molecular flexibility index (Phi) is 6.21. The third-order valence-electron chi connectivity index (χ3n) is 4.18. The number of hydrogen-bond donors (Lipinski definition) is 0. The summed E-state index contributed by atoms with van der Waals surface area (Å²) in [5.41, 5.74) is 1.85. The number of rotatable bonds is 7. The van der Waals surface area contributed by atoms with Gasteiger partial charge in [0.25, 0.3) is 0 Å². The van der Waals surface area contributed by atoms with Crippen molar-refractivity contribution in [3.8, 4) is 0 Å². The molecule has 3 aromatic rings. The summed E-state index contributed by atoms with van der Waals surface area (Å²) in [6.07, 6.45) is 3.66. The summed E-state index contributed by atoms with van der Waals surface area (Å²) in [5.74, 6) is -0.654. The first-order chi connectivity index (χ1) is 13.4. The fourth-order valence-corrected chi connectivity index (χ4v) is 4.22. The van der Waals surface area contributed by atoms with Crippen LogP contribution in [-0.4, -0.2) is 25.5 Å². The van der Waals surface area contributed by atoms with Gasteiger partial charge in [0.1, 0.15) is 6.10 Å². The molecule has 0 fully saturated rings. The average molecular weight is 395 g/mol. The van der Waals surface area contributed by atoms with Crippen molar-refractivity contribution in [3.63, 3.8) is 0 Å². The predicted octanol–water partition coefficient (Wildman–Crippen LogP) is 3.84. The van der Waals surface area contributed by atoms with Crippen molar-refractivity contribution in [2.24, 2.45) is 0 Å². The van der Waals surface area contributed by atoms with Crippen LogP contribution < -0.4 is 0 Å². The van der Waals surface area contributed by atoms with E-state index in [2.05, 4.69) is 4.98 Å². The largest absolute Gasteiger partial charge is 0.459 e. The summed E-state index contributed by atoms with van der Waals surface area (Å²) < 4.78 is 30.6. The van der Waals surface area contributed by atoms with E-state index < -0.39 is 15.8 Å². The monoisotopic (exact) mass is 395 g/mol. The molecule has 0 spiro atoms. The minimum absolute atomic E-state index is 0.177. The molecule has 3 rings (SSSR count). The molecule has 0 N–H and O–H groups in total. The van der Waals surface area contributed by atoms with Crippen LogP contribution >= 0.6 is 0 Å². The van der Waals surface area contributed by atoms with Gasteiger partial charge in [0.2, 0.25) is 0 Å². The number of esters is 1. The zero-order valence-electron chi connectivity index (χ0n) is 15.5. The first-order valence-corrected chi connectivity index (χ1v) is 10.6. The average Bonchev–Trinajstić information content (AvgIpc) is 2.69. The second-order valence-corrected chi connectivity index (χ2v) is 8.54. The Morgan fingerprint density at radius 2 is 1.75 bits per heavy atom. The molecule has 1 unspecified atom stereocenters. The first kappa shape index (κ1) is 19.8. The minimum Gasteiger partial charge on any atom is -0.459 e. The lowest BCUT2D eigenvalue weighted by molar-refractivity contribution is 0.0342. The standard InChI is InChI=1S/C22H21NO4S/c1-17(13-18-8-6-12-23-15-18)27-22(24)20-9-5-7-19(14-20)16-28(25,26)21-10-3-2-4-11-21/h2-12,14-15,17H,13,16H2,1H3. The number of hydrogen-bond acceptors (Lipinski definition) is 5. The van der Waals surface area contributed by atoms with E-state index in [1.165, 1.54) is 0 Å². The van der Waals surface area contributed by atoms with E-state index in [1.54, 1.807) is 67.0 Å². The van der Waals surface area contributed by atoms with Gasteiger partial charge in [-0.1, -0.05) is 36.4 Å². The van der Waals surface area contributed by atoms with Crippen LogP contribution in [0, 0.1) is 0 Å². The van der Waals surface area contributed by atoms with E-state index in [9.17, 15) is 13.2 Å². The molecule has 2 aromatic carbocycles. The van der Waals surface area contributed by atoms with Crippen LogP contribution in [0.15, 0.2) is 84.0 Å². The molecule has 0 bridgehead atoms. The zero-order valence-corrected chi connectivity index (χ0v) is 16.3. The highest BCUT2D eigenvalue weighted by Crippen LogP contribution is 2.18.